The van der Waals surface area contributed by atoms with Crippen LogP contribution in [0.5, 0.6) is 0 Å². The maximum atomic E-state index is 3.67. The van der Waals surface area contributed by atoms with Crippen molar-refractivity contribution in [2.45, 2.75) is 18.6 Å². The minimum absolute atomic E-state index is 0.179. The number of anilines is 2. The van der Waals surface area contributed by atoms with Crippen LogP contribution in [0.2, 0.25) is 0 Å². The van der Waals surface area contributed by atoms with E-state index in [-0.39, 0.29) is 6.17 Å². The van der Waals surface area contributed by atoms with E-state index in [4.69, 9.17) is 0 Å². The standard InChI is InChI=1S/C19H17BrN2/c20-15-10-12-16(13-11-15)22-18-9-5-4-8-17(18)21-19(22)14-6-2-1-3-7-14/h1-12,16,19,21H,13H2/t16?,19-/m1/s1. The van der Waals surface area contributed by atoms with Gasteiger partial charge in [-0.15, -0.1) is 0 Å². The molecule has 3 heteroatoms. The molecule has 1 aliphatic carbocycles. The highest BCUT2D eigenvalue weighted by Gasteiger charge is 2.33. The van der Waals surface area contributed by atoms with Crippen molar-refractivity contribution in [1.82, 2.24) is 0 Å². The zero-order valence-electron chi connectivity index (χ0n) is 12.1. The second-order valence-electron chi connectivity index (χ2n) is 5.63. The van der Waals surface area contributed by atoms with Gasteiger partial charge < -0.3 is 10.2 Å². The summed E-state index contributed by atoms with van der Waals surface area (Å²) in [7, 11) is 0. The third-order valence-corrected chi connectivity index (χ3v) is 4.85. The molecule has 1 N–H and O–H groups in total. The summed E-state index contributed by atoms with van der Waals surface area (Å²) in [5.41, 5.74) is 3.77. The lowest BCUT2D eigenvalue weighted by Gasteiger charge is -2.34. The summed E-state index contributed by atoms with van der Waals surface area (Å²) < 4.78 is 1.17. The second kappa shape index (κ2) is 5.65. The second-order valence-corrected chi connectivity index (χ2v) is 6.55. The van der Waals surface area contributed by atoms with Gasteiger partial charge in [0.15, 0.2) is 0 Å². The summed E-state index contributed by atoms with van der Waals surface area (Å²) in [6, 6.07) is 19.6. The van der Waals surface area contributed by atoms with E-state index in [1.165, 1.54) is 21.4 Å². The van der Waals surface area contributed by atoms with Gasteiger partial charge in [-0.2, -0.15) is 0 Å². The van der Waals surface area contributed by atoms with Gasteiger partial charge in [0.25, 0.3) is 0 Å². The van der Waals surface area contributed by atoms with Crippen molar-refractivity contribution in [3.63, 3.8) is 0 Å². The molecule has 0 spiro atoms. The number of nitrogens with one attached hydrogen (secondary N) is 1. The third kappa shape index (κ3) is 2.35. The van der Waals surface area contributed by atoms with Crippen molar-refractivity contribution in [2.75, 3.05) is 10.2 Å². The molecule has 2 atom stereocenters. The Hall–Kier alpha value is -2.00. The molecule has 1 heterocycles. The fraction of sp³-hybridized carbons (Fsp3) is 0.158. The van der Waals surface area contributed by atoms with Gasteiger partial charge >= 0.3 is 0 Å². The van der Waals surface area contributed by atoms with Crippen molar-refractivity contribution < 1.29 is 0 Å². The van der Waals surface area contributed by atoms with Crippen molar-refractivity contribution in [3.05, 3.63) is 82.9 Å². The number of hydrogen-bond acceptors (Lipinski definition) is 2. The van der Waals surface area contributed by atoms with Gasteiger partial charge in [-0.1, -0.05) is 76.6 Å². The minimum atomic E-state index is 0.179. The summed E-state index contributed by atoms with van der Waals surface area (Å²) >= 11 is 3.56. The Bertz CT molecular complexity index is 736. The molecule has 0 saturated carbocycles. The first-order chi connectivity index (χ1) is 10.8. The van der Waals surface area contributed by atoms with Crippen LogP contribution in [-0.2, 0) is 0 Å². The van der Waals surface area contributed by atoms with E-state index in [2.05, 4.69) is 99.0 Å². The van der Waals surface area contributed by atoms with Gasteiger partial charge in [-0.3, -0.25) is 0 Å². The Labute approximate surface area is 139 Å². The molecule has 1 unspecified atom stereocenters. The predicted molar refractivity (Wildman–Crippen MR) is 96.3 cm³/mol. The topological polar surface area (TPSA) is 15.3 Å². The Morgan fingerprint density at radius 2 is 1.77 bits per heavy atom. The van der Waals surface area contributed by atoms with Crippen LogP contribution in [0.15, 0.2) is 77.3 Å². The molecule has 0 amide bonds. The average molecular weight is 353 g/mol. The summed E-state index contributed by atoms with van der Waals surface area (Å²) in [6.07, 6.45) is 7.86. The lowest BCUT2D eigenvalue weighted by molar-refractivity contribution is 0.632. The summed E-state index contributed by atoms with van der Waals surface area (Å²) in [6.45, 7) is 0. The highest BCUT2D eigenvalue weighted by molar-refractivity contribution is 9.11. The quantitative estimate of drug-likeness (QED) is 0.796. The maximum Gasteiger partial charge on any atom is 0.126 e. The SMILES string of the molecule is BrC1=CCC(N2c3ccccc3N[C@H]2c2ccccc2)C=C1. The van der Waals surface area contributed by atoms with Crippen molar-refractivity contribution in [1.29, 1.82) is 0 Å². The number of nitrogens with zero attached hydrogens (tertiary/aromatic N) is 1. The molecule has 22 heavy (non-hydrogen) atoms. The van der Waals surface area contributed by atoms with Crippen LogP contribution in [0, 0.1) is 0 Å². The highest BCUT2D eigenvalue weighted by Crippen LogP contribution is 2.43. The molecule has 110 valence electrons. The molecule has 0 radical (unpaired) electrons. The van der Waals surface area contributed by atoms with Crippen LogP contribution >= 0.6 is 15.9 Å². The number of benzene rings is 2. The Kier molecular flexibility index (Phi) is 3.51. The van der Waals surface area contributed by atoms with E-state index in [0.29, 0.717) is 6.04 Å². The maximum absolute atomic E-state index is 3.67. The lowest BCUT2D eigenvalue weighted by atomic mass is 10.0. The fourth-order valence-electron chi connectivity index (χ4n) is 3.22. The van der Waals surface area contributed by atoms with Crippen LogP contribution in [0.25, 0.3) is 0 Å². The molecular formula is C19H17BrN2. The van der Waals surface area contributed by atoms with Gasteiger partial charge in [0.05, 0.1) is 17.4 Å². The molecule has 2 aromatic rings. The molecule has 1 aliphatic heterocycles. The van der Waals surface area contributed by atoms with E-state index >= 15 is 0 Å². The van der Waals surface area contributed by atoms with Gasteiger partial charge in [-0.25, -0.2) is 0 Å². The van der Waals surface area contributed by atoms with Crippen molar-refractivity contribution in [2.24, 2.45) is 0 Å². The van der Waals surface area contributed by atoms with E-state index in [1.807, 2.05) is 0 Å². The Morgan fingerprint density at radius 3 is 2.55 bits per heavy atom. The Balaban J connectivity index is 1.75. The van der Waals surface area contributed by atoms with Crippen LogP contribution in [0.4, 0.5) is 11.4 Å². The number of allylic oxidation sites excluding steroid dienone is 2. The van der Waals surface area contributed by atoms with E-state index < -0.39 is 0 Å². The van der Waals surface area contributed by atoms with Gasteiger partial charge in [0.1, 0.15) is 6.17 Å². The summed E-state index contributed by atoms with van der Waals surface area (Å²) in [5.74, 6) is 0. The molecule has 0 bridgehead atoms. The van der Waals surface area contributed by atoms with Crippen LogP contribution in [0.1, 0.15) is 18.2 Å². The van der Waals surface area contributed by atoms with Crippen LogP contribution < -0.4 is 10.2 Å². The monoisotopic (exact) mass is 352 g/mol. The van der Waals surface area contributed by atoms with E-state index in [9.17, 15) is 0 Å². The van der Waals surface area contributed by atoms with E-state index in [1.54, 1.807) is 0 Å². The number of hydrogen-bond donors (Lipinski definition) is 1. The minimum Gasteiger partial charge on any atom is -0.360 e. The zero-order chi connectivity index (χ0) is 14.9. The third-order valence-electron chi connectivity index (χ3n) is 4.26. The largest absolute Gasteiger partial charge is 0.360 e. The first-order valence-corrected chi connectivity index (χ1v) is 8.35. The van der Waals surface area contributed by atoms with Crippen LogP contribution in [-0.4, -0.2) is 6.04 Å². The van der Waals surface area contributed by atoms with Gasteiger partial charge in [0.2, 0.25) is 0 Å². The Morgan fingerprint density at radius 1 is 1.00 bits per heavy atom. The average Bonchev–Trinajstić information content (AvgIpc) is 2.96. The zero-order valence-corrected chi connectivity index (χ0v) is 13.7. The molecule has 0 saturated heterocycles. The van der Waals surface area contributed by atoms with Gasteiger partial charge in [-0.05, 0) is 24.1 Å². The first kappa shape index (κ1) is 13.6. The number of fused-ring (bicyclic) bond motifs is 1. The molecular weight excluding hydrogens is 336 g/mol. The number of para-hydroxylation sites is 2. The molecule has 2 nitrogen and oxygen atoms in total. The highest BCUT2D eigenvalue weighted by atomic mass is 79.9. The number of halogens is 1. The molecule has 0 aromatic heterocycles. The molecule has 2 aromatic carbocycles. The summed E-state index contributed by atoms with van der Waals surface area (Å²) in [4.78, 5) is 2.48. The fourth-order valence-corrected chi connectivity index (χ4v) is 3.55. The van der Waals surface area contributed by atoms with Gasteiger partial charge in [0, 0.05) is 4.48 Å². The number of rotatable bonds is 2. The summed E-state index contributed by atoms with van der Waals surface area (Å²) in [5, 5.41) is 3.67. The smallest absolute Gasteiger partial charge is 0.126 e. The van der Waals surface area contributed by atoms with Crippen LogP contribution in [0.3, 0.4) is 0 Å². The van der Waals surface area contributed by atoms with E-state index in [0.717, 1.165) is 6.42 Å². The normalized spacial score (nSPS) is 23.0. The first-order valence-electron chi connectivity index (χ1n) is 7.55. The van der Waals surface area contributed by atoms with Crippen molar-refractivity contribution in [3.8, 4) is 0 Å². The predicted octanol–water partition coefficient (Wildman–Crippen LogP) is 5.22. The van der Waals surface area contributed by atoms with Crippen molar-refractivity contribution >= 4 is 27.3 Å². The molecule has 4 rings (SSSR count). The molecule has 0 fully saturated rings. The lowest BCUT2D eigenvalue weighted by Crippen LogP contribution is -2.37. The molecule has 2 aliphatic rings.